The van der Waals surface area contributed by atoms with E-state index in [-0.39, 0.29) is 11.3 Å². The zero-order valence-corrected chi connectivity index (χ0v) is 11.5. The molecule has 0 aromatic heterocycles. The highest BCUT2D eigenvalue weighted by atomic mass is 16.5. The van der Waals surface area contributed by atoms with Gasteiger partial charge in [0.15, 0.2) is 0 Å². The second-order valence-electron chi connectivity index (χ2n) is 4.66. The highest BCUT2D eigenvalue weighted by molar-refractivity contribution is 5.94. The molecule has 2 rings (SSSR count). The van der Waals surface area contributed by atoms with Gasteiger partial charge in [0.05, 0.1) is 0 Å². The van der Waals surface area contributed by atoms with E-state index >= 15 is 0 Å². The number of unbranched alkanes of at least 4 members (excludes halogenated alkanes) is 1. The van der Waals surface area contributed by atoms with E-state index in [9.17, 15) is 9.90 Å². The van der Waals surface area contributed by atoms with Crippen molar-refractivity contribution in [2.75, 3.05) is 0 Å². The van der Waals surface area contributed by atoms with E-state index in [1.807, 2.05) is 12.1 Å². The molecule has 0 heterocycles. The Bertz CT molecular complexity index is 576. The van der Waals surface area contributed by atoms with Gasteiger partial charge in [-0.2, -0.15) is 0 Å². The minimum atomic E-state index is -0.535. The molecule has 0 unspecified atom stereocenters. The fraction of sp³-hybridized carbons (Fsp3) is 0.235. The molecule has 0 atom stereocenters. The molecule has 0 saturated heterocycles. The van der Waals surface area contributed by atoms with Crippen molar-refractivity contribution >= 4 is 5.97 Å². The molecule has 0 aliphatic rings. The lowest BCUT2D eigenvalue weighted by Crippen LogP contribution is -2.09. The topological polar surface area (TPSA) is 46.5 Å². The van der Waals surface area contributed by atoms with Gasteiger partial charge in [0.25, 0.3) is 0 Å². The Morgan fingerprint density at radius 3 is 2.60 bits per heavy atom. The molecule has 0 fully saturated rings. The molecule has 2 aromatic rings. The molecule has 20 heavy (non-hydrogen) atoms. The van der Waals surface area contributed by atoms with Crippen molar-refractivity contribution in [3.63, 3.8) is 0 Å². The minimum absolute atomic E-state index is 0.0498. The highest BCUT2D eigenvalue weighted by Crippen LogP contribution is 2.22. The lowest BCUT2D eigenvalue weighted by molar-refractivity contribution is 0.0731. The van der Waals surface area contributed by atoms with Crippen LogP contribution in [0.3, 0.4) is 0 Å². The van der Waals surface area contributed by atoms with E-state index < -0.39 is 5.97 Å². The number of hydrogen-bond donors (Lipinski definition) is 1. The van der Waals surface area contributed by atoms with E-state index in [0.717, 1.165) is 24.8 Å². The van der Waals surface area contributed by atoms with Crippen LogP contribution in [0.4, 0.5) is 0 Å². The monoisotopic (exact) mass is 270 g/mol. The summed E-state index contributed by atoms with van der Waals surface area (Å²) < 4.78 is 5.24. The standard InChI is InChI=1S/C17H18O3/c1-2-3-7-13-10-11-16(18)15(12-13)17(19)20-14-8-5-4-6-9-14/h4-6,8-12,18H,2-3,7H2,1H3. The third-order valence-corrected chi connectivity index (χ3v) is 3.05. The second kappa shape index (κ2) is 6.75. The Hall–Kier alpha value is -2.29. The lowest BCUT2D eigenvalue weighted by Gasteiger charge is -2.08. The normalized spacial score (nSPS) is 10.2. The summed E-state index contributed by atoms with van der Waals surface area (Å²) in [6.45, 7) is 2.12. The van der Waals surface area contributed by atoms with Crippen molar-refractivity contribution in [3.05, 3.63) is 59.7 Å². The van der Waals surface area contributed by atoms with Crippen LogP contribution in [-0.4, -0.2) is 11.1 Å². The average molecular weight is 270 g/mol. The zero-order chi connectivity index (χ0) is 14.4. The Morgan fingerprint density at radius 2 is 1.90 bits per heavy atom. The summed E-state index contributed by atoms with van der Waals surface area (Å²) in [6, 6.07) is 13.9. The van der Waals surface area contributed by atoms with Crippen LogP contribution >= 0.6 is 0 Å². The molecule has 2 aromatic carbocycles. The van der Waals surface area contributed by atoms with Gasteiger partial charge in [-0.15, -0.1) is 0 Å². The van der Waals surface area contributed by atoms with E-state index in [1.165, 1.54) is 0 Å². The number of phenols is 1. The number of carbonyl (C=O) groups is 1. The van der Waals surface area contributed by atoms with Crippen LogP contribution in [0.2, 0.25) is 0 Å². The fourth-order valence-electron chi connectivity index (χ4n) is 1.93. The van der Waals surface area contributed by atoms with Gasteiger partial charge in [-0.05, 0) is 42.7 Å². The van der Waals surface area contributed by atoms with Crippen LogP contribution in [0.15, 0.2) is 48.5 Å². The number of ether oxygens (including phenoxy) is 1. The summed E-state index contributed by atoms with van der Waals surface area (Å²) >= 11 is 0. The summed E-state index contributed by atoms with van der Waals surface area (Å²) in [4.78, 5) is 12.1. The predicted octanol–water partition coefficient (Wildman–Crippen LogP) is 3.95. The molecule has 0 saturated carbocycles. The lowest BCUT2D eigenvalue weighted by atomic mass is 10.0. The molecule has 3 heteroatoms. The van der Waals surface area contributed by atoms with Gasteiger partial charge < -0.3 is 9.84 Å². The molecule has 3 nitrogen and oxygen atoms in total. The van der Waals surface area contributed by atoms with Crippen LogP contribution < -0.4 is 4.74 Å². The number of para-hydroxylation sites is 1. The molecule has 0 bridgehead atoms. The Labute approximate surface area is 118 Å². The zero-order valence-electron chi connectivity index (χ0n) is 11.5. The molecular formula is C17H18O3. The van der Waals surface area contributed by atoms with Crippen molar-refractivity contribution in [1.29, 1.82) is 0 Å². The summed E-state index contributed by atoms with van der Waals surface area (Å²) in [5.74, 6) is -0.117. The van der Waals surface area contributed by atoms with E-state index in [1.54, 1.807) is 36.4 Å². The van der Waals surface area contributed by atoms with E-state index in [0.29, 0.717) is 5.75 Å². The maximum absolute atomic E-state index is 12.1. The number of rotatable bonds is 5. The quantitative estimate of drug-likeness (QED) is 0.661. The average Bonchev–Trinajstić information content (AvgIpc) is 2.47. The number of carbonyl (C=O) groups excluding carboxylic acids is 1. The number of hydrogen-bond acceptors (Lipinski definition) is 3. The van der Waals surface area contributed by atoms with Gasteiger partial charge in [0.2, 0.25) is 0 Å². The molecule has 0 spiro atoms. The van der Waals surface area contributed by atoms with Crippen molar-refractivity contribution in [2.24, 2.45) is 0 Å². The molecule has 0 aliphatic carbocycles. The first-order chi connectivity index (χ1) is 9.70. The number of aromatic hydroxyl groups is 1. The third-order valence-electron chi connectivity index (χ3n) is 3.05. The van der Waals surface area contributed by atoms with Gasteiger partial charge >= 0.3 is 5.97 Å². The second-order valence-corrected chi connectivity index (χ2v) is 4.66. The van der Waals surface area contributed by atoms with E-state index in [2.05, 4.69) is 6.92 Å². The van der Waals surface area contributed by atoms with Crippen LogP contribution in [0.5, 0.6) is 11.5 Å². The van der Waals surface area contributed by atoms with Gasteiger partial charge in [0.1, 0.15) is 17.1 Å². The van der Waals surface area contributed by atoms with E-state index in [4.69, 9.17) is 4.74 Å². The molecule has 0 amide bonds. The van der Waals surface area contributed by atoms with Crippen molar-refractivity contribution in [2.45, 2.75) is 26.2 Å². The Kier molecular flexibility index (Phi) is 4.77. The van der Waals surface area contributed by atoms with Crippen molar-refractivity contribution < 1.29 is 14.6 Å². The number of benzene rings is 2. The Morgan fingerprint density at radius 1 is 1.15 bits per heavy atom. The molecule has 1 N–H and O–H groups in total. The molecule has 0 aliphatic heterocycles. The van der Waals surface area contributed by atoms with Crippen molar-refractivity contribution in [1.82, 2.24) is 0 Å². The first-order valence-corrected chi connectivity index (χ1v) is 6.80. The summed E-state index contributed by atoms with van der Waals surface area (Å²) in [7, 11) is 0. The van der Waals surface area contributed by atoms with Crippen LogP contribution in [0.25, 0.3) is 0 Å². The van der Waals surface area contributed by atoms with Gasteiger partial charge in [-0.1, -0.05) is 37.6 Å². The van der Waals surface area contributed by atoms with Crippen LogP contribution in [-0.2, 0) is 6.42 Å². The number of phenolic OH excluding ortho intramolecular Hbond substituents is 1. The SMILES string of the molecule is CCCCc1ccc(O)c(C(=O)Oc2ccccc2)c1. The number of esters is 1. The Balaban J connectivity index is 2.16. The predicted molar refractivity (Wildman–Crippen MR) is 78.1 cm³/mol. The summed E-state index contributed by atoms with van der Waals surface area (Å²) in [5, 5.41) is 9.81. The fourth-order valence-corrected chi connectivity index (χ4v) is 1.93. The maximum Gasteiger partial charge on any atom is 0.347 e. The summed E-state index contributed by atoms with van der Waals surface area (Å²) in [5.41, 5.74) is 1.24. The molecule has 0 radical (unpaired) electrons. The first-order valence-electron chi connectivity index (χ1n) is 6.80. The first kappa shape index (κ1) is 14.1. The van der Waals surface area contributed by atoms with Gasteiger partial charge in [-0.3, -0.25) is 0 Å². The maximum atomic E-state index is 12.1. The smallest absolute Gasteiger partial charge is 0.347 e. The van der Waals surface area contributed by atoms with Crippen molar-refractivity contribution in [3.8, 4) is 11.5 Å². The molecule has 104 valence electrons. The van der Waals surface area contributed by atoms with Gasteiger partial charge in [-0.25, -0.2) is 4.79 Å². The molecular weight excluding hydrogens is 252 g/mol. The number of aryl methyl sites for hydroxylation is 1. The van der Waals surface area contributed by atoms with Gasteiger partial charge in [0, 0.05) is 0 Å². The third kappa shape index (κ3) is 3.60. The highest BCUT2D eigenvalue weighted by Gasteiger charge is 2.14. The van der Waals surface area contributed by atoms with Crippen LogP contribution in [0, 0.1) is 0 Å². The largest absolute Gasteiger partial charge is 0.507 e. The van der Waals surface area contributed by atoms with Crippen LogP contribution in [0.1, 0.15) is 35.7 Å². The minimum Gasteiger partial charge on any atom is -0.507 e. The summed E-state index contributed by atoms with van der Waals surface area (Å²) in [6.07, 6.45) is 3.03.